The highest BCUT2D eigenvalue weighted by Crippen LogP contribution is 2.25. The SMILES string of the molecule is N#Cc1cc(F)cc(COc2ccc3c(c2)CCCC3)c1. The Morgan fingerprint density at radius 2 is 1.86 bits per heavy atom. The van der Waals surface area contributed by atoms with Gasteiger partial charge in [0.25, 0.3) is 0 Å². The lowest BCUT2D eigenvalue weighted by Crippen LogP contribution is -2.03. The zero-order valence-corrected chi connectivity index (χ0v) is 11.7. The Kier molecular flexibility index (Phi) is 3.87. The number of benzene rings is 2. The predicted molar refractivity (Wildman–Crippen MR) is 78.5 cm³/mol. The average molecular weight is 281 g/mol. The molecule has 2 aromatic rings. The average Bonchev–Trinajstić information content (AvgIpc) is 2.52. The number of halogens is 1. The van der Waals surface area contributed by atoms with Crippen LogP contribution >= 0.6 is 0 Å². The fourth-order valence-electron chi connectivity index (χ4n) is 2.76. The number of aryl methyl sites for hydroxylation is 2. The summed E-state index contributed by atoms with van der Waals surface area (Å²) in [5.41, 5.74) is 3.75. The second-order valence-corrected chi connectivity index (χ2v) is 5.39. The molecule has 0 fully saturated rings. The molecule has 0 heterocycles. The van der Waals surface area contributed by atoms with Crippen molar-refractivity contribution in [2.45, 2.75) is 32.3 Å². The molecule has 3 rings (SSSR count). The summed E-state index contributed by atoms with van der Waals surface area (Å²) in [6, 6.07) is 12.4. The summed E-state index contributed by atoms with van der Waals surface area (Å²) >= 11 is 0. The van der Waals surface area contributed by atoms with Crippen LogP contribution in [-0.4, -0.2) is 0 Å². The summed E-state index contributed by atoms with van der Waals surface area (Å²) in [6.45, 7) is 0.269. The van der Waals surface area contributed by atoms with Crippen LogP contribution < -0.4 is 4.74 Å². The molecule has 0 unspecified atom stereocenters. The second kappa shape index (κ2) is 5.97. The molecule has 2 nitrogen and oxygen atoms in total. The van der Waals surface area contributed by atoms with E-state index in [0.29, 0.717) is 11.1 Å². The van der Waals surface area contributed by atoms with Crippen molar-refractivity contribution in [1.29, 1.82) is 5.26 Å². The van der Waals surface area contributed by atoms with E-state index in [2.05, 4.69) is 12.1 Å². The molecule has 1 aliphatic rings. The van der Waals surface area contributed by atoms with Crippen LogP contribution in [0.4, 0.5) is 4.39 Å². The highest BCUT2D eigenvalue weighted by atomic mass is 19.1. The van der Waals surface area contributed by atoms with Gasteiger partial charge in [-0.05, 0) is 72.7 Å². The molecule has 1 aliphatic carbocycles. The number of nitrogens with zero attached hydrogens (tertiary/aromatic N) is 1. The highest BCUT2D eigenvalue weighted by Gasteiger charge is 2.10. The van der Waals surface area contributed by atoms with Gasteiger partial charge in [-0.1, -0.05) is 6.07 Å². The van der Waals surface area contributed by atoms with Gasteiger partial charge in [-0.25, -0.2) is 4.39 Å². The Labute approximate surface area is 123 Å². The summed E-state index contributed by atoms with van der Waals surface area (Å²) in [7, 11) is 0. The molecule has 0 aromatic heterocycles. The van der Waals surface area contributed by atoms with Gasteiger partial charge in [0.1, 0.15) is 18.2 Å². The monoisotopic (exact) mass is 281 g/mol. The van der Waals surface area contributed by atoms with Crippen LogP contribution in [0.3, 0.4) is 0 Å². The topological polar surface area (TPSA) is 33.0 Å². The molecule has 0 spiro atoms. The highest BCUT2D eigenvalue weighted by molar-refractivity contribution is 5.38. The van der Waals surface area contributed by atoms with Crippen LogP contribution in [0.2, 0.25) is 0 Å². The van der Waals surface area contributed by atoms with E-state index in [1.54, 1.807) is 6.07 Å². The Morgan fingerprint density at radius 1 is 1.05 bits per heavy atom. The minimum absolute atomic E-state index is 0.269. The van der Waals surface area contributed by atoms with Crippen molar-refractivity contribution in [1.82, 2.24) is 0 Å². The van der Waals surface area contributed by atoms with Crippen molar-refractivity contribution in [3.05, 3.63) is 64.5 Å². The first-order valence-corrected chi connectivity index (χ1v) is 7.19. The van der Waals surface area contributed by atoms with Gasteiger partial charge >= 0.3 is 0 Å². The Bertz CT molecular complexity index is 703. The summed E-state index contributed by atoms with van der Waals surface area (Å²) in [5.74, 6) is 0.400. The van der Waals surface area contributed by atoms with Crippen molar-refractivity contribution in [3.8, 4) is 11.8 Å². The Hall–Kier alpha value is -2.34. The fourth-order valence-corrected chi connectivity index (χ4v) is 2.76. The molecule has 0 amide bonds. The van der Waals surface area contributed by atoms with Gasteiger partial charge in [-0.3, -0.25) is 0 Å². The molecule has 0 radical (unpaired) electrons. The third-order valence-corrected chi connectivity index (χ3v) is 3.81. The fraction of sp³-hybridized carbons (Fsp3) is 0.278. The van der Waals surface area contributed by atoms with Gasteiger partial charge in [-0.2, -0.15) is 5.26 Å². The van der Waals surface area contributed by atoms with Crippen molar-refractivity contribution < 1.29 is 9.13 Å². The first kappa shape index (κ1) is 13.6. The normalized spacial score (nSPS) is 13.3. The molecule has 0 aliphatic heterocycles. The van der Waals surface area contributed by atoms with Crippen LogP contribution in [0.1, 0.15) is 35.1 Å². The number of fused-ring (bicyclic) bond motifs is 1. The minimum Gasteiger partial charge on any atom is -0.489 e. The van der Waals surface area contributed by atoms with Crippen LogP contribution in [0.5, 0.6) is 5.75 Å². The first-order chi connectivity index (χ1) is 10.2. The lowest BCUT2D eigenvalue weighted by Gasteiger charge is -2.16. The Morgan fingerprint density at radius 3 is 2.67 bits per heavy atom. The molecule has 0 bridgehead atoms. The minimum atomic E-state index is -0.405. The zero-order valence-electron chi connectivity index (χ0n) is 11.7. The predicted octanol–water partition coefficient (Wildman–Crippen LogP) is 4.16. The largest absolute Gasteiger partial charge is 0.489 e. The van der Waals surface area contributed by atoms with E-state index < -0.39 is 5.82 Å². The smallest absolute Gasteiger partial charge is 0.124 e. The van der Waals surface area contributed by atoms with Crippen molar-refractivity contribution >= 4 is 0 Å². The van der Waals surface area contributed by atoms with Crippen molar-refractivity contribution in [3.63, 3.8) is 0 Å². The van der Waals surface area contributed by atoms with E-state index in [4.69, 9.17) is 10.00 Å². The molecule has 3 heteroatoms. The third kappa shape index (κ3) is 3.22. The van der Waals surface area contributed by atoms with Crippen molar-refractivity contribution in [2.24, 2.45) is 0 Å². The van der Waals surface area contributed by atoms with Gasteiger partial charge in [0.05, 0.1) is 11.6 Å². The number of hydrogen-bond acceptors (Lipinski definition) is 2. The van der Waals surface area contributed by atoms with E-state index >= 15 is 0 Å². The molecule has 21 heavy (non-hydrogen) atoms. The number of rotatable bonds is 3. The second-order valence-electron chi connectivity index (χ2n) is 5.39. The molecule has 0 saturated heterocycles. The molecule has 106 valence electrons. The quantitative estimate of drug-likeness (QED) is 0.846. The molecule has 0 saturated carbocycles. The summed E-state index contributed by atoms with van der Waals surface area (Å²) in [6.07, 6.45) is 4.73. The van der Waals surface area contributed by atoms with E-state index in [9.17, 15) is 4.39 Å². The molecule has 0 atom stereocenters. The summed E-state index contributed by atoms with van der Waals surface area (Å²) < 4.78 is 19.1. The van der Waals surface area contributed by atoms with Crippen molar-refractivity contribution in [2.75, 3.05) is 0 Å². The number of ether oxygens (including phenoxy) is 1. The van der Waals surface area contributed by atoms with E-state index in [1.807, 2.05) is 12.1 Å². The molecule has 0 N–H and O–H groups in total. The van der Waals surface area contributed by atoms with Gasteiger partial charge in [-0.15, -0.1) is 0 Å². The van der Waals surface area contributed by atoms with Crippen LogP contribution in [0.15, 0.2) is 36.4 Å². The lowest BCUT2D eigenvalue weighted by atomic mass is 9.92. The van der Waals surface area contributed by atoms with E-state index in [-0.39, 0.29) is 6.61 Å². The maximum absolute atomic E-state index is 13.4. The number of hydrogen-bond donors (Lipinski definition) is 0. The lowest BCUT2D eigenvalue weighted by molar-refractivity contribution is 0.305. The third-order valence-electron chi connectivity index (χ3n) is 3.81. The van der Waals surface area contributed by atoms with Crippen LogP contribution in [0, 0.1) is 17.1 Å². The standard InChI is InChI=1S/C18H16FNO/c19-17-8-13(11-20)7-14(9-17)12-21-18-6-5-15-3-1-2-4-16(15)10-18/h5-10H,1-4,12H2. The maximum Gasteiger partial charge on any atom is 0.124 e. The van der Waals surface area contributed by atoms with Gasteiger partial charge in [0.2, 0.25) is 0 Å². The van der Waals surface area contributed by atoms with Gasteiger partial charge < -0.3 is 4.74 Å². The summed E-state index contributed by atoms with van der Waals surface area (Å²) in [5, 5.41) is 8.85. The van der Waals surface area contributed by atoms with Crippen LogP contribution in [-0.2, 0) is 19.4 Å². The first-order valence-electron chi connectivity index (χ1n) is 7.19. The number of nitriles is 1. The maximum atomic E-state index is 13.4. The molecular weight excluding hydrogens is 265 g/mol. The summed E-state index contributed by atoms with van der Waals surface area (Å²) in [4.78, 5) is 0. The molecular formula is C18H16FNO. The van der Waals surface area contributed by atoms with E-state index in [1.165, 1.54) is 36.1 Å². The molecule has 2 aromatic carbocycles. The zero-order chi connectivity index (χ0) is 14.7. The van der Waals surface area contributed by atoms with Gasteiger partial charge in [0, 0.05) is 0 Å². The van der Waals surface area contributed by atoms with Gasteiger partial charge in [0.15, 0.2) is 0 Å². The van der Waals surface area contributed by atoms with Crippen LogP contribution in [0.25, 0.3) is 0 Å². The van der Waals surface area contributed by atoms with E-state index in [0.717, 1.165) is 18.6 Å². The Balaban J connectivity index is 1.73.